The molecule has 0 heterocycles. The molecular formula is C16H22BrNO. The Balaban J connectivity index is 1.79. The van der Waals surface area contributed by atoms with Gasteiger partial charge in [-0.15, -0.1) is 0 Å². The largest absolute Gasteiger partial charge is 0.490 e. The highest BCUT2D eigenvalue weighted by atomic mass is 79.9. The molecule has 2 nitrogen and oxygen atoms in total. The highest BCUT2D eigenvalue weighted by Crippen LogP contribution is 2.53. The Bertz CT molecular complexity index is 471. The van der Waals surface area contributed by atoms with Crippen LogP contribution < -0.4 is 10.5 Å². The zero-order valence-corrected chi connectivity index (χ0v) is 13.3. The summed E-state index contributed by atoms with van der Waals surface area (Å²) in [7, 11) is 0. The van der Waals surface area contributed by atoms with E-state index in [-0.39, 0.29) is 5.41 Å². The first-order chi connectivity index (χ1) is 9.03. The number of benzene rings is 1. The third-order valence-corrected chi connectivity index (χ3v) is 6.32. The van der Waals surface area contributed by atoms with Gasteiger partial charge in [0.25, 0.3) is 0 Å². The predicted octanol–water partition coefficient (Wildman–Crippen LogP) is 4.10. The van der Waals surface area contributed by atoms with E-state index in [1.54, 1.807) is 0 Å². The molecule has 1 aromatic rings. The van der Waals surface area contributed by atoms with Crippen molar-refractivity contribution in [2.45, 2.75) is 58.1 Å². The molecule has 0 radical (unpaired) electrons. The number of nitrogens with two attached hydrogens (primary N) is 1. The normalized spacial score (nSPS) is 28.4. The summed E-state index contributed by atoms with van der Waals surface area (Å²) in [5, 5.41) is 0. The van der Waals surface area contributed by atoms with Crippen LogP contribution in [0.3, 0.4) is 0 Å². The summed E-state index contributed by atoms with van der Waals surface area (Å²) in [6.07, 6.45) is 6.44. The van der Waals surface area contributed by atoms with Gasteiger partial charge in [-0.2, -0.15) is 0 Å². The molecular weight excluding hydrogens is 302 g/mol. The molecule has 19 heavy (non-hydrogen) atoms. The molecule has 0 bridgehead atoms. The van der Waals surface area contributed by atoms with Crippen LogP contribution in [0.5, 0.6) is 5.75 Å². The van der Waals surface area contributed by atoms with E-state index in [0.717, 1.165) is 12.2 Å². The average Bonchev–Trinajstić information content (AvgIpc) is 2.88. The van der Waals surface area contributed by atoms with Gasteiger partial charge in [-0.3, -0.25) is 0 Å². The Morgan fingerprint density at radius 2 is 1.79 bits per heavy atom. The molecule has 2 aliphatic carbocycles. The molecule has 1 spiro atoms. The molecule has 3 rings (SSSR count). The van der Waals surface area contributed by atoms with E-state index in [1.165, 1.54) is 41.3 Å². The van der Waals surface area contributed by atoms with Crippen LogP contribution in [0.1, 0.15) is 43.2 Å². The molecule has 2 saturated carbocycles. The molecule has 0 saturated heterocycles. The monoisotopic (exact) mass is 323 g/mol. The fourth-order valence-corrected chi connectivity index (χ4v) is 4.04. The molecule has 2 atom stereocenters. The van der Waals surface area contributed by atoms with Gasteiger partial charge in [0.2, 0.25) is 0 Å². The van der Waals surface area contributed by atoms with Gasteiger partial charge in [-0.25, -0.2) is 0 Å². The van der Waals surface area contributed by atoms with Gasteiger partial charge in [-0.1, -0.05) is 28.8 Å². The van der Waals surface area contributed by atoms with E-state index in [4.69, 9.17) is 10.5 Å². The Hall–Kier alpha value is -0.540. The van der Waals surface area contributed by atoms with E-state index in [2.05, 4.69) is 41.9 Å². The lowest BCUT2D eigenvalue weighted by Gasteiger charge is -2.52. The second kappa shape index (κ2) is 4.78. The van der Waals surface area contributed by atoms with Crippen LogP contribution in [0, 0.1) is 19.3 Å². The number of aryl methyl sites for hydroxylation is 2. The number of halogens is 1. The maximum atomic E-state index is 6.27. The topological polar surface area (TPSA) is 35.2 Å². The van der Waals surface area contributed by atoms with Gasteiger partial charge in [0.05, 0.1) is 0 Å². The lowest BCUT2D eigenvalue weighted by atomic mass is 9.61. The minimum Gasteiger partial charge on any atom is -0.490 e. The Kier molecular flexibility index (Phi) is 3.38. The van der Waals surface area contributed by atoms with Gasteiger partial charge in [0.1, 0.15) is 11.9 Å². The molecule has 2 aliphatic rings. The fraction of sp³-hybridized carbons (Fsp3) is 0.625. The van der Waals surface area contributed by atoms with Crippen molar-refractivity contribution in [1.29, 1.82) is 0 Å². The lowest BCUT2D eigenvalue weighted by Crippen LogP contribution is -2.62. The van der Waals surface area contributed by atoms with Gasteiger partial charge < -0.3 is 10.5 Å². The Morgan fingerprint density at radius 3 is 2.32 bits per heavy atom. The van der Waals surface area contributed by atoms with Gasteiger partial charge >= 0.3 is 0 Å². The van der Waals surface area contributed by atoms with E-state index >= 15 is 0 Å². The Morgan fingerprint density at radius 1 is 1.21 bits per heavy atom. The van der Waals surface area contributed by atoms with Crippen molar-refractivity contribution in [2.75, 3.05) is 0 Å². The van der Waals surface area contributed by atoms with E-state index in [9.17, 15) is 0 Å². The molecule has 3 heteroatoms. The quantitative estimate of drug-likeness (QED) is 0.889. The van der Waals surface area contributed by atoms with Crippen LogP contribution in [-0.4, -0.2) is 12.1 Å². The minimum atomic E-state index is 0.273. The van der Waals surface area contributed by atoms with Crippen molar-refractivity contribution < 1.29 is 4.74 Å². The number of hydrogen-bond acceptors (Lipinski definition) is 2. The number of rotatable bonds is 2. The first-order valence-electron chi connectivity index (χ1n) is 7.22. The molecule has 0 aliphatic heterocycles. The van der Waals surface area contributed by atoms with Crippen LogP contribution >= 0.6 is 15.9 Å². The fourth-order valence-electron chi connectivity index (χ4n) is 3.81. The molecule has 2 N–H and O–H groups in total. The van der Waals surface area contributed by atoms with Crippen LogP contribution in [-0.2, 0) is 0 Å². The highest BCUT2D eigenvalue weighted by Gasteiger charge is 2.56. The number of hydrogen-bond donors (Lipinski definition) is 1. The zero-order valence-electron chi connectivity index (χ0n) is 11.7. The second-order valence-corrected chi connectivity index (χ2v) is 7.05. The summed E-state index contributed by atoms with van der Waals surface area (Å²) in [6.45, 7) is 4.23. The maximum Gasteiger partial charge on any atom is 0.120 e. The molecule has 1 aromatic carbocycles. The third-order valence-electron chi connectivity index (χ3n) is 5.07. The van der Waals surface area contributed by atoms with Crippen LogP contribution in [0.2, 0.25) is 0 Å². The summed E-state index contributed by atoms with van der Waals surface area (Å²) in [6, 6.07) is 4.60. The predicted molar refractivity (Wildman–Crippen MR) is 81.5 cm³/mol. The summed E-state index contributed by atoms with van der Waals surface area (Å²) in [4.78, 5) is 0. The first-order valence-corrected chi connectivity index (χ1v) is 8.01. The van der Waals surface area contributed by atoms with Gasteiger partial charge in [0.15, 0.2) is 0 Å². The Labute approximate surface area is 123 Å². The summed E-state index contributed by atoms with van der Waals surface area (Å²) in [5.74, 6) is 1.00. The van der Waals surface area contributed by atoms with Crippen LogP contribution in [0.4, 0.5) is 0 Å². The zero-order chi connectivity index (χ0) is 13.6. The lowest BCUT2D eigenvalue weighted by molar-refractivity contribution is -0.0620. The molecule has 104 valence electrons. The number of ether oxygens (including phenoxy) is 1. The third kappa shape index (κ3) is 2.11. The smallest absolute Gasteiger partial charge is 0.120 e. The van der Waals surface area contributed by atoms with Crippen molar-refractivity contribution in [3.8, 4) is 5.75 Å². The second-order valence-electron chi connectivity index (χ2n) is 6.26. The van der Waals surface area contributed by atoms with Crippen LogP contribution in [0.15, 0.2) is 16.6 Å². The van der Waals surface area contributed by atoms with E-state index < -0.39 is 0 Å². The SMILES string of the molecule is Cc1cc(OC2CC(N)C23CCCC3)cc(C)c1Br. The van der Waals surface area contributed by atoms with Crippen molar-refractivity contribution in [3.63, 3.8) is 0 Å². The summed E-state index contributed by atoms with van der Waals surface area (Å²) < 4.78 is 7.46. The van der Waals surface area contributed by atoms with E-state index in [1.807, 2.05) is 0 Å². The summed E-state index contributed by atoms with van der Waals surface area (Å²) >= 11 is 3.60. The van der Waals surface area contributed by atoms with Gasteiger partial charge in [-0.05, 0) is 49.9 Å². The van der Waals surface area contributed by atoms with E-state index in [0.29, 0.717) is 12.1 Å². The van der Waals surface area contributed by atoms with Crippen molar-refractivity contribution in [3.05, 3.63) is 27.7 Å². The molecule has 2 unspecified atom stereocenters. The molecule has 0 amide bonds. The standard InChI is InChI=1S/C16H22BrNO/c1-10-7-12(8-11(2)15(10)17)19-14-9-13(18)16(14)5-3-4-6-16/h7-8,13-14H,3-6,9,18H2,1-2H3. The molecule has 0 aromatic heterocycles. The summed E-state index contributed by atoms with van der Waals surface area (Å²) in [5.41, 5.74) is 9.00. The van der Waals surface area contributed by atoms with Crippen molar-refractivity contribution in [2.24, 2.45) is 11.1 Å². The maximum absolute atomic E-state index is 6.27. The average molecular weight is 324 g/mol. The van der Waals surface area contributed by atoms with Crippen LogP contribution in [0.25, 0.3) is 0 Å². The van der Waals surface area contributed by atoms with Crippen molar-refractivity contribution >= 4 is 15.9 Å². The molecule has 2 fully saturated rings. The minimum absolute atomic E-state index is 0.273. The van der Waals surface area contributed by atoms with Crippen molar-refractivity contribution in [1.82, 2.24) is 0 Å². The highest BCUT2D eigenvalue weighted by molar-refractivity contribution is 9.10. The van der Waals surface area contributed by atoms with Gasteiger partial charge in [0, 0.05) is 22.4 Å². The first kappa shape index (κ1) is 13.4.